The second-order valence-corrected chi connectivity index (χ2v) is 8.30. The maximum Gasteiger partial charge on any atom is 0.387 e. The number of hydrogen-bond acceptors (Lipinski definition) is 1. The van der Waals surface area contributed by atoms with Crippen molar-refractivity contribution in [3.8, 4) is 16.9 Å². The zero-order valence-electron chi connectivity index (χ0n) is 19.1. The van der Waals surface area contributed by atoms with Crippen molar-refractivity contribution in [2.24, 2.45) is 0 Å². The first-order chi connectivity index (χ1) is 16.5. The summed E-state index contributed by atoms with van der Waals surface area (Å²) in [6.45, 7) is -0.810. The average Bonchev–Trinajstić information content (AvgIpc) is 2.85. The van der Waals surface area contributed by atoms with E-state index in [4.69, 9.17) is 0 Å². The molecule has 4 aromatic rings. The third-order valence-corrected chi connectivity index (χ3v) is 5.99. The zero-order chi connectivity index (χ0) is 23.9. The molecule has 4 heteroatoms. The van der Waals surface area contributed by atoms with E-state index in [0.717, 1.165) is 34.9 Å². The molecule has 174 valence electrons. The van der Waals surface area contributed by atoms with Crippen molar-refractivity contribution in [2.45, 2.75) is 39.2 Å². The number of halogens is 3. The Bertz CT molecular complexity index is 1260. The number of benzene rings is 4. The molecule has 0 amide bonds. The smallest absolute Gasteiger partial charge is 0.387 e. The maximum absolute atomic E-state index is 15.2. The molecule has 0 radical (unpaired) electrons. The molecule has 0 aliphatic carbocycles. The van der Waals surface area contributed by atoms with Crippen molar-refractivity contribution in [1.82, 2.24) is 0 Å². The zero-order valence-corrected chi connectivity index (χ0v) is 19.1. The Morgan fingerprint density at radius 2 is 1.44 bits per heavy atom. The summed E-state index contributed by atoms with van der Waals surface area (Å²) >= 11 is 0. The van der Waals surface area contributed by atoms with Crippen LogP contribution in [0, 0.1) is 5.82 Å². The van der Waals surface area contributed by atoms with Gasteiger partial charge in [0.1, 0.15) is 11.6 Å². The van der Waals surface area contributed by atoms with Gasteiger partial charge in [0.05, 0.1) is 0 Å². The Balaban J connectivity index is 1.46. The van der Waals surface area contributed by atoms with Gasteiger partial charge in [-0.1, -0.05) is 72.8 Å². The highest BCUT2D eigenvalue weighted by Gasteiger charge is 2.10. The summed E-state index contributed by atoms with van der Waals surface area (Å²) in [5, 5.41) is 1.47. The fraction of sp³-hybridized carbons (Fsp3) is 0.200. The lowest BCUT2D eigenvalue weighted by molar-refractivity contribution is -0.0498. The first-order valence-corrected chi connectivity index (χ1v) is 11.5. The van der Waals surface area contributed by atoms with Crippen LogP contribution in [0.3, 0.4) is 0 Å². The Labute approximate surface area is 198 Å². The molecule has 34 heavy (non-hydrogen) atoms. The lowest BCUT2D eigenvalue weighted by Crippen LogP contribution is -2.02. The van der Waals surface area contributed by atoms with E-state index < -0.39 is 6.61 Å². The van der Waals surface area contributed by atoms with Crippen LogP contribution in [0.5, 0.6) is 5.75 Å². The molecule has 0 atom stereocenters. The van der Waals surface area contributed by atoms with Crippen molar-refractivity contribution in [1.29, 1.82) is 0 Å². The van der Waals surface area contributed by atoms with Gasteiger partial charge in [0, 0.05) is 5.39 Å². The molecule has 0 N–H and O–H groups in total. The van der Waals surface area contributed by atoms with E-state index in [1.807, 2.05) is 37.3 Å². The van der Waals surface area contributed by atoms with E-state index in [-0.39, 0.29) is 11.6 Å². The first kappa shape index (κ1) is 23.6. The van der Waals surface area contributed by atoms with E-state index in [1.54, 1.807) is 12.1 Å². The molecule has 4 aromatic carbocycles. The minimum atomic E-state index is -2.84. The largest absolute Gasteiger partial charge is 0.435 e. The van der Waals surface area contributed by atoms with Gasteiger partial charge in [0.15, 0.2) is 0 Å². The highest BCUT2D eigenvalue weighted by molar-refractivity contribution is 5.88. The third-order valence-electron chi connectivity index (χ3n) is 5.99. The van der Waals surface area contributed by atoms with Crippen LogP contribution in [0.1, 0.15) is 30.0 Å². The molecule has 0 aromatic heterocycles. The van der Waals surface area contributed by atoms with Crippen LogP contribution in [0.4, 0.5) is 13.2 Å². The fourth-order valence-electron chi connectivity index (χ4n) is 4.11. The van der Waals surface area contributed by atoms with Crippen LogP contribution in [0.2, 0.25) is 0 Å². The van der Waals surface area contributed by atoms with Gasteiger partial charge >= 0.3 is 6.61 Å². The molecule has 4 rings (SSSR count). The van der Waals surface area contributed by atoms with Crippen molar-refractivity contribution >= 4 is 10.8 Å². The van der Waals surface area contributed by atoms with Gasteiger partial charge in [0.25, 0.3) is 0 Å². The van der Waals surface area contributed by atoms with Crippen molar-refractivity contribution < 1.29 is 17.9 Å². The third kappa shape index (κ3) is 5.88. The van der Waals surface area contributed by atoms with Crippen molar-refractivity contribution in [3.63, 3.8) is 0 Å². The Morgan fingerprint density at radius 1 is 0.765 bits per heavy atom. The van der Waals surface area contributed by atoms with Crippen LogP contribution in [0.15, 0.2) is 91.0 Å². The number of aryl methyl sites for hydroxylation is 3. The molecule has 0 unspecified atom stereocenters. The minimum Gasteiger partial charge on any atom is -0.435 e. The summed E-state index contributed by atoms with van der Waals surface area (Å²) in [4.78, 5) is 0. The number of fused-ring (bicyclic) bond motifs is 1. The predicted octanol–water partition coefficient (Wildman–Crippen LogP) is 8.54. The second kappa shape index (κ2) is 11.1. The number of rotatable bonds is 9. The molecule has 0 saturated carbocycles. The fourth-order valence-corrected chi connectivity index (χ4v) is 4.11. The highest BCUT2D eigenvalue weighted by atomic mass is 19.3. The minimum absolute atomic E-state index is 0.120. The van der Waals surface area contributed by atoms with Gasteiger partial charge in [-0.15, -0.1) is 0 Å². The van der Waals surface area contributed by atoms with E-state index in [2.05, 4.69) is 41.2 Å². The average molecular weight is 461 g/mol. The quantitative estimate of drug-likeness (QED) is 0.227. The Morgan fingerprint density at radius 3 is 2.15 bits per heavy atom. The molecular weight excluding hydrogens is 433 g/mol. The summed E-state index contributed by atoms with van der Waals surface area (Å²) in [6, 6.07) is 24.7. The van der Waals surface area contributed by atoms with Crippen molar-refractivity contribution in [3.05, 3.63) is 114 Å². The van der Waals surface area contributed by atoms with Crippen LogP contribution >= 0.6 is 0 Å². The molecule has 1 nitrogen and oxygen atoms in total. The number of allylic oxidation sites excluding steroid dienone is 2. The number of ether oxygens (including phenoxy) is 1. The Kier molecular flexibility index (Phi) is 7.69. The monoisotopic (exact) mass is 460 g/mol. The lowest BCUT2D eigenvalue weighted by atomic mass is 9.96. The molecule has 0 saturated heterocycles. The lowest BCUT2D eigenvalue weighted by Gasteiger charge is -2.10. The summed E-state index contributed by atoms with van der Waals surface area (Å²) in [6.07, 6.45) is 7.42. The van der Waals surface area contributed by atoms with Crippen LogP contribution in [-0.2, 0) is 19.3 Å². The van der Waals surface area contributed by atoms with Gasteiger partial charge in [-0.25, -0.2) is 4.39 Å². The van der Waals surface area contributed by atoms with E-state index >= 15 is 4.39 Å². The summed E-state index contributed by atoms with van der Waals surface area (Å²) in [5.41, 5.74) is 5.05. The molecule has 0 spiro atoms. The van der Waals surface area contributed by atoms with Crippen LogP contribution in [-0.4, -0.2) is 6.61 Å². The highest BCUT2D eigenvalue weighted by Crippen LogP contribution is 2.28. The second-order valence-electron chi connectivity index (χ2n) is 8.30. The number of alkyl halides is 2. The van der Waals surface area contributed by atoms with Gasteiger partial charge in [-0.05, 0) is 84.0 Å². The maximum atomic E-state index is 15.2. The molecule has 0 fully saturated rings. The van der Waals surface area contributed by atoms with Gasteiger partial charge in [-0.3, -0.25) is 0 Å². The molecule has 0 aliphatic heterocycles. The molecule has 0 heterocycles. The topological polar surface area (TPSA) is 9.23 Å². The van der Waals surface area contributed by atoms with E-state index in [1.165, 1.54) is 17.7 Å². The molecule has 0 bridgehead atoms. The predicted molar refractivity (Wildman–Crippen MR) is 133 cm³/mol. The number of hydrogen-bond donors (Lipinski definition) is 0. The van der Waals surface area contributed by atoms with Crippen LogP contribution in [0.25, 0.3) is 21.9 Å². The SMILES string of the molecule is C/C=C/CCc1ccc(-c2ccc3c(F)c(CCc4ccc(OC(F)F)cc4)ccc3c2)cc1. The molecule has 0 aliphatic rings. The molecular formula is C30H27F3O. The van der Waals surface area contributed by atoms with Crippen LogP contribution < -0.4 is 4.74 Å². The van der Waals surface area contributed by atoms with Crippen molar-refractivity contribution in [2.75, 3.05) is 0 Å². The van der Waals surface area contributed by atoms with Gasteiger partial charge < -0.3 is 4.74 Å². The Hall–Kier alpha value is -3.53. The summed E-state index contributed by atoms with van der Waals surface area (Å²) < 4.78 is 44.1. The normalized spacial score (nSPS) is 11.6. The van der Waals surface area contributed by atoms with E-state index in [9.17, 15) is 8.78 Å². The van der Waals surface area contributed by atoms with E-state index in [0.29, 0.717) is 23.8 Å². The summed E-state index contributed by atoms with van der Waals surface area (Å²) in [5.74, 6) is -0.0873. The first-order valence-electron chi connectivity index (χ1n) is 11.5. The standard InChI is InChI=1S/C30H27F3O/c1-2-3-4-5-21-6-11-23(12-7-21)25-16-19-28-26(20-25)15-14-24(29(28)31)13-8-22-9-17-27(18-10-22)34-30(32)33/h2-3,6-7,9-12,14-20,30H,4-5,8,13H2,1H3/b3-2+. The summed E-state index contributed by atoms with van der Waals surface area (Å²) in [7, 11) is 0. The van der Waals surface area contributed by atoms with Gasteiger partial charge in [-0.2, -0.15) is 8.78 Å². The van der Waals surface area contributed by atoms with Gasteiger partial charge in [0.2, 0.25) is 0 Å².